The first-order valence-corrected chi connectivity index (χ1v) is 6.53. The number of allylic oxidation sites excluding steroid dienone is 2. The molecule has 0 aromatic carbocycles. The number of carbonyl (C=O) groups excluding carboxylic acids is 1. The van der Waals surface area contributed by atoms with Gasteiger partial charge in [-0.3, -0.25) is 4.79 Å². The third kappa shape index (κ3) is 9.75. The second kappa shape index (κ2) is 10.7. The lowest BCUT2D eigenvalue weighted by Gasteiger charge is -2.09. The Bertz CT molecular complexity index is 197. The number of unbranched alkanes of at least 4 members (excludes halogenated alkanes) is 5. The maximum absolute atomic E-state index is 11.3. The molecule has 0 fully saturated rings. The maximum atomic E-state index is 11.3. The molecule has 0 aliphatic carbocycles. The van der Waals surface area contributed by atoms with Gasteiger partial charge in [0.25, 0.3) is 0 Å². The summed E-state index contributed by atoms with van der Waals surface area (Å²) in [7, 11) is 3.64. The largest absolute Gasteiger partial charge is 0.349 e. The van der Waals surface area contributed by atoms with Crippen LogP contribution in [-0.2, 0) is 4.79 Å². The normalized spacial score (nSPS) is 10.9. The fraction of sp³-hybridized carbons (Fsp3) is 0.786. The Kier molecular flexibility index (Phi) is 10.2. The lowest BCUT2D eigenvalue weighted by Crippen LogP contribution is -2.20. The molecule has 0 heterocycles. The zero-order valence-electron chi connectivity index (χ0n) is 11.2. The third-order valence-corrected chi connectivity index (χ3v) is 2.66. The maximum Gasteiger partial charge on any atom is 0.222 e. The van der Waals surface area contributed by atoms with Crippen molar-refractivity contribution in [1.82, 2.24) is 4.90 Å². The molecule has 0 bridgehead atoms. The van der Waals surface area contributed by atoms with Crippen LogP contribution in [0.5, 0.6) is 0 Å². The van der Waals surface area contributed by atoms with Crippen molar-refractivity contribution in [3.05, 3.63) is 12.2 Å². The highest BCUT2D eigenvalue weighted by Gasteiger charge is 2.02. The minimum absolute atomic E-state index is 0.255. The molecule has 0 rings (SSSR count). The van der Waals surface area contributed by atoms with Crippen molar-refractivity contribution in [3.63, 3.8) is 0 Å². The van der Waals surface area contributed by atoms with Crippen molar-refractivity contribution in [2.75, 3.05) is 14.1 Å². The molecule has 0 aromatic heterocycles. The molecule has 0 radical (unpaired) electrons. The van der Waals surface area contributed by atoms with Crippen LogP contribution in [0.4, 0.5) is 0 Å². The molecule has 0 saturated carbocycles. The standard InChI is InChI=1S/C14H27NO/c1-4-5-6-7-8-9-10-11-12-13-14(16)15(2)3/h5-6H,4,7-13H2,1-3H3/b6-5+. The van der Waals surface area contributed by atoms with E-state index in [9.17, 15) is 4.79 Å². The molecule has 0 N–H and O–H groups in total. The van der Waals surface area contributed by atoms with E-state index in [1.807, 2.05) is 14.1 Å². The van der Waals surface area contributed by atoms with Crippen molar-refractivity contribution in [3.8, 4) is 0 Å². The van der Waals surface area contributed by atoms with Gasteiger partial charge in [0.1, 0.15) is 0 Å². The molecule has 0 aromatic rings. The van der Waals surface area contributed by atoms with E-state index in [0.29, 0.717) is 6.42 Å². The molecule has 94 valence electrons. The monoisotopic (exact) mass is 225 g/mol. The first kappa shape index (κ1) is 15.2. The lowest BCUT2D eigenvalue weighted by atomic mass is 10.1. The van der Waals surface area contributed by atoms with Crippen LogP contribution in [-0.4, -0.2) is 24.9 Å². The topological polar surface area (TPSA) is 20.3 Å². The zero-order valence-corrected chi connectivity index (χ0v) is 11.2. The Labute approximate surface area is 101 Å². The molecule has 0 unspecified atom stereocenters. The first-order chi connectivity index (χ1) is 7.68. The van der Waals surface area contributed by atoms with E-state index in [1.165, 1.54) is 32.1 Å². The van der Waals surface area contributed by atoms with Gasteiger partial charge in [0, 0.05) is 20.5 Å². The minimum atomic E-state index is 0.255. The van der Waals surface area contributed by atoms with Gasteiger partial charge in [0.2, 0.25) is 5.91 Å². The van der Waals surface area contributed by atoms with E-state index in [0.717, 1.165) is 12.8 Å². The van der Waals surface area contributed by atoms with E-state index < -0.39 is 0 Å². The Morgan fingerprint density at radius 2 is 1.62 bits per heavy atom. The van der Waals surface area contributed by atoms with Gasteiger partial charge in [-0.15, -0.1) is 0 Å². The predicted molar refractivity (Wildman–Crippen MR) is 70.4 cm³/mol. The van der Waals surface area contributed by atoms with Crippen molar-refractivity contribution in [1.29, 1.82) is 0 Å². The summed E-state index contributed by atoms with van der Waals surface area (Å²) in [5.41, 5.74) is 0. The van der Waals surface area contributed by atoms with Crippen LogP contribution in [0.2, 0.25) is 0 Å². The van der Waals surface area contributed by atoms with Crippen LogP contribution in [0.25, 0.3) is 0 Å². The number of hydrogen-bond donors (Lipinski definition) is 0. The van der Waals surface area contributed by atoms with Gasteiger partial charge in [-0.2, -0.15) is 0 Å². The van der Waals surface area contributed by atoms with Gasteiger partial charge in [0.05, 0.1) is 0 Å². The molecule has 2 heteroatoms. The molecular weight excluding hydrogens is 198 g/mol. The number of nitrogens with zero attached hydrogens (tertiary/aromatic N) is 1. The van der Waals surface area contributed by atoms with E-state index >= 15 is 0 Å². The summed E-state index contributed by atoms with van der Waals surface area (Å²) < 4.78 is 0. The quantitative estimate of drug-likeness (QED) is 0.432. The second-order valence-electron chi connectivity index (χ2n) is 4.47. The van der Waals surface area contributed by atoms with E-state index in [4.69, 9.17) is 0 Å². The summed E-state index contributed by atoms with van der Waals surface area (Å²) in [6, 6.07) is 0. The molecule has 0 spiro atoms. The van der Waals surface area contributed by atoms with Crippen LogP contribution in [0.1, 0.15) is 58.3 Å². The van der Waals surface area contributed by atoms with Crippen LogP contribution in [0, 0.1) is 0 Å². The van der Waals surface area contributed by atoms with E-state index in [1.54, 1.807) is 4.90 Å². The van der Waals surface area contributed by atoms with Crippen molar-refractivity contribution in [2.24, 2.45) is 0 Å². The lowest BCUT2D eigenvalue weighted by molar-refractivity contribution is -0.128. The average molecular weight is 225 g/mol. The minimum Gasteiger partial charge on any atom is -0.349 e. The summed E-state index contributed by atoms with van der Waals surface area (Å²) in [6.07, 6.45) is 13.7. The molecule has 16 heavy (non-hydrogen) atoms. The van der Waals surface area contributed by atoms with Gasteiger partial charge in [0.15, 0.2) is 0 Å². The van der Waals surface area contributed by atoms with Gasteiger partial charge in [-0.25, -0.2) is 0 Å². The summed E-state index contributed by atoms with van der Waals surface area (Å²) in [6.45, 7) is 2.16. The van der Waals surface area contributed by atoms with Crippen molar-refractivity contribution in [2.45, 2.75) is 58.3 Å². The van der Waals surface area contributed by atoms with Crippen LogP contribution in [0.3, 0.4) is 0 Å². The average Bonchev–Trinajstić information content (AvgIpc) is 2.26. The summed E-state index contributed by atoms with van der Waals surface area (Å²) in [5, 5.41) is 0. The van der Waals surface area contributed by atoms with Crippen LogP contribution >= 0.6 is 0 Å². The number of rotatable bonds is 9. The number of hydrogen-bond acceptors (Lipinski definition) is 1. The highest BCUT2D eigenvalue weighted by molar-refractivity contribution is 5.75. The molecule has 0 atom stereocenters. The van der Waals surface area contributed by atoms with E-state index in [2.05, 4.69) is 19.1 Å². The highest BCUT2D eigenvalue weighted by atomic mass is 16.2. The Morgan fingerprint density at radius 3 is 2.25 bits per heavy atom. The smallest absolute Gasteiger partial charge is 0.222 e. The second-order valence-corrected chi connectivity index (χ2v) is 4.47. The molecular formula is C14H27NO. The molecule has 2 nitrogen and oxygen atoms in total. The predicted octanol–water partition coefficient (Wildman–Crippen LogP) is 3.77. The molecule has 0 aliphatic rings. The Balaban J connectivity index is 3.16. The van der Waals surface area contributed by atoms with Crippen LogP contribution in [0.15, 0.2) is 12.2 Å². The zero-order chi connectivity index (χ0) is 12.2. The Hall–Kier alpha value is -0.790. The SMILES string of the molecule is CC/C=C/CCCCCCCC(=O)N(C)C. The highest BCUT2D eigenvalue weighted by Crippen LogP contribution is 2.08. The first-order valence-electron chi connectivity index (χ1n) is 6.53. The summed E-state index contributed by atoms with van der Waals surface area (Å²) >= 11 is 0. The van der Waals surface area contributed by atoms with Crippen molar-refractivity contribution < 1.29 is 4.79 Å². The molecule has 0 aliphatic heterocycles. The van der Waals surface area contributed by atoms with Crippen LogP contribution < -0.4 is 0 Å². The van der Waals surface area contributed by atoms with Crippen molar-refractivity contribution >= 4 is 5.91 Å². The van der Waals surface area contributed by atoms with Gasteiger partial charge in [-0.1, -0.05) is 38.3 Å². The summed E-state index contributed by atoms with van der Waals surface area (Å²) in [4.78, 5) is 12.9. The fourth-order valence-corrected chi connectivity index (χ4v) is 1.58. The van der Waals surface area contributed by atoms with Gasteiger partial charge in [-0.05, 0) is 25.7 Å². The summed E-state index contributed by atoms with van der Waals surface area (Å²) in [5.74, 6) is 0.255. The number of carbonyl (C=O) groups is 1. The molecule has 0 saturated heterocycles. The third-order valence-electron chi connectivity index (χ3n) is 2.66. The molecule has 1 amide bonds. The van der Waals surface area contributed by atoms with E-state index in [-0.39, 0.29) is 5.91 Å². The van der Waals surface area contributed by atoms with Gasteiger partial charge >= 0.3 is 0 Å². The Morgan fingerprint density at radius 1 is 1.00 bits per heavy atom. The number of amides is 1. The fourth-order valence-electron chi connectivity index (χ4n) is 1.58. The van der Waals surface area contributed by atoms with Gasteiger partial charge < -0.3 is 4.90 Å².